The quantitative estimate of drug-likeness (QED) is 0.827. The zero-order chi connectivity index (χ0) is 13.8. The first-order chi connectivity index (χ1) is 9.13. The van der Waals surface area contributed by atoms with E-state index in [1.807, 2.05) is 30.3 Å². The molecule has 3 nitrogen and oxygen atoms in total. The average molecular weight is 382 g/mol. The molecule has 0 atom stereocenters. The van der Waals surface area contributed by atoms with E-state index < -0.39 is 0 Å². The standard InChI is InChI=1S/C14H10Br2N2O/c1-19-14-5-3-10(15)6-13(14)18-11-4-2-9(8-17)12(16)7-11/h2-7,18H,1H3. The predicted octanol–water partition coefficient (Wildman–Crippen LogP) is 4.84. The van der Waals surface area contributed by atoms with Crippen LogP contribution >= 0.6 is 31.9 Å². The van der Waals surface area contributed by atoms with E-state index in [2.05, 4.69) is 43.2 Å². The van der Waals surface area contributed by atoms with Gasteiger partial charge in [0.2, 0.25) is 0 Å². The van der Waals surface area contributed by atoms with Crippen molar-refractivity contribution >= 4 is 43.2 Å². The third-order valence-corrected chi connectivity index (χ3v) is 3.68. The minimum atomic E-state index is 0.603. The first-order valence-corrected chi connectivity index (χ1v) is 7.03. The Balaban J connectivity index is 2.33. The van der Waals surface area contributed by atoms with Crippen LogP contribution in [0.25, 0.3) is 0 Å². The Labute approximate surface area is 128 Å². The molecule has 2 aromatic carbocycles. The first kappa shape index (κ1) is 13.9. The molecule has 19 heavy (non-hydrogen) atoms. The molecule has 0 saturated heterocycles. The number of benzene rings is 2. The topological polar surface area (TPSA) is 45.0 Å². The molecule has 0 spiro atoms. The second kappa shape index (κ2) is 6.09. The fourth-order valence-electron chi connectivity index (χ4n) is 1.62. The molecule has 0 aliphatic rings. The molecule has 0 aliphatic carbocycles. The highest BCUT2D eigenvalue weighted by Gasteiger charge is 2.06. The molecule has 2 rings (SSSR count). The van der Waals surface area contributed by atoms with Gasteiger partial charge < -0.3 is 10.1 Å². The van der Waals surface area contributed by atoms with Gasteiger partial charge in [0.05, 0.1) is 18.4 Å². The van der Waals surface area contributed by atoms with Gasteiger partial charge in [-0.1, -0.05) is 15.9 Å². The number of hydrogen-bond acceptors (Lipinski definition) is 3. The smallest absolute Gasteiger partial charge is 0.142 e. The summed E-state index contributed by atoms with van der Waals surface area (Å²) in [5, 5.41) is 12.2. The number of nitrogens with one attached hydrogen (secondary N) is 1. The Hall–Kier alpha value is -1.51. The van der Waals surface area contributed by atoms with Gasteiger partial charge in [-0.05, 0) is 52.3 Å². The zero-order valence-corrected chi connectivity index (χ0v) is 13.2. The van der Waals surface area contributed by atoms with Crippen molar-refractivity contribution in [2.75, 3.05) is 12.4 Å². The van der Waals surface area contributed by atoms with Crippen molar-refractivity contribution < 1.29 is 4.74 Å². The number of ether oxygens (including phenoxy) is 1. The van der Waals surface area contributed by atoms with E-state index in [0.717, 1.165) is 26.1 Å². The van der Waals surface area contributed by atoms with Crippen molar-refractivity contribution in [1.29, 1.82) is 5.26 Å². The summed E-state index contributed by atoms with van der Waals surface area (Å²) in [5.74, 6) is 0.753. The monoisotopic (exact) mass is 380 g/mol. The molecule has 0 bridgehead atoms. The molecule has 0 radical (unpaired) electrons. The number of anilines is 2. The van der Waals surface area contributed by atoms with Crippen molar-refractivity contribution in [2.24, 2.45) is 0 Å². The predicted molar refractivity (Wildman–Crippen MR) is 82.8 cm³/mol. The van der Waals surface area contributed by atoms with E-state index in [9.17, 15) is 0 Å². The van der Waals surface area contributed by atoms with Crippen molar-refractivity contribution in [3.8, 4) is 11.8 Å². The molecule has 1 N–H and O–H groups in total. The van der Waals surface area contributed by atoms with Gasteiger partial charge in [-0.15, -0.1) is 0 Å². The fourth-order valence-corrected chi connectivity index (χ4v) is 2.45. The zero-order valence-electron chi connectivity index (χ0n) is 10.1. The molecule has 96 valence electrons. The van der Waals surface area contributed by atoms with Gasteiger partial charge in [0.1, 0.15) is 11.8 Å². The summed E-state index contributed by atoms with van der Waals surface area (Å²) in [6.07, 6.45) is 0. The van der Waals surface area contributed by atoms with Gasteiger partial charge in [0.25, 0.3) is 0 Å². The van der Waals surface area contributed by atoms with Crippen LogP contribution in [-0.2, 0) is 0 Å². The Morgan fingerprint density at radius 1 is 1.16 bits per heavy atom. The third-order valence-electron chi connectivity index (χ3n) is 2.53. The molecule has 0 saturated carbocycles. The third kappa shape index (κ3) is 3.28. The second-order valence-corrected chi connectivity index (χ2v) is 5.55. The lowest BCUT2D eigenvalue weighted by Gasteiger charge is -2.12. The first-order valence-electron chi connectivity index (χ1n) is 5.44. The Bertz CT molecular complexity index is 650. The van der Waals surface area contributed by atoms with Crippen LogP contribution in [0.2, 0.25) is 0 Å². The number of nitrogens with zero attached hydrogens (tertiary/aromatic N) is 1. The van der Waals surface area contributed by atoms with E-state index in [1.165, 1.54) is 0 Å². The summed E-state index contributed by atoms with van der Waals surface area (Å²) in [6, 6.07) is 13.3. The summed E-state index contributed by atoms with van der Waals surface area (Å²) in [4.78, 5) is 0. The lowest BCUT2D eigenvalue weighted by molar-refractivity contribution is 0.417. The minimum absolute atomic E-state index is 0.603. The lowest BCUT2D eigenvalue weighted by Crippen LogP contribution is -1.95. The molecular weight excluding hydrogens is 372 g/mol. The fraction of sp³-hybridized carbons (Fsp3) is 0.0714. The molecular formula is C14H10Br2N2O. The van der Waals surface area contributed by atoms with E-state index in [0.29, 0.717) is 5.56 Å². The number of rotatable bonds is 3. The molecule has 0 amide bonds. The van der Waals surface area contributed by atoms with Crippen LogP contribution in [-0.4, -0.2) is 7.11 Å². The van der Waals surface area contributed by atoms with Gasteiger partial charge in [0.15, 0.2) is 0 Å². The van der Waals surface area contributed by atoms with Crippen molar-refractivity contribution in [3.05, 3.63) is 50.9 Å². The van der Waals surface area contributed by atoms with Crippen LogP contribution in [0.1, 0.15) is 5.56 Å². The molecule has 5 heteroatoms. The van der Waals surface area contributed by atoms with Crippen LogP contribution in [0.4, 0.5) is 11.4 Å². The van der Waals surface area contributed by atoms with Crippen LogP contribution in [0.15, 0.2) is 45.3 Å². The van der Waals surface area contributed by atoms with E-state index in [4.69, 9.17) is 10.00 Å². The van der Waals surface area contributed by atoms with Crippen LogP contribution in [0.5, 0.6) is 5.75 Å². The van der Waals surface area contributed by atoms with E-state index in [1.54, 1.807) is 13.2 Å². The summed E-state index contributed by atoms with van der Waals surface area (Å²) in [5.41, 5.74) is 2.34. The highest BCUT2D eigenvalue weighted by Crippen LogP contribution is 2.31. The van der Waals surface area contributed by atoms with E-state index in [-0.39, 0.29) is 0 Å². The van der Waals surface area contributed by atoms with Gasteiger partial charge in [-0.25, -0.2) is 0 Å². The molecule has 0 unspecified atom stereocenters. The summed E-state index contributed by atoms with van der Waals surface area (Å²) < 4.78 is 7.02. The number of hydrogen-bond donors (Lipinski definition) is 1. The maximum atomic E-state index is 8.89. The van der Waals surface area contributed by atoms with Crippen LogP contribution in [0.3, 0.4) is 0 Å². The lowest BCUT2D eigenvalue weighted by atomic mass is 10.2. The van der Waals surface area contributed by atoms with Gasteiger partial charge in [-0.3, -0.25) is 0 Å². The van der Waals surface area contributed by atoms with Gasteiger partial charge in [0, 0.05) is 14.6 Å². The number of halogens is 2. The SMILES string of the molecule is COc1ccc(Br)cc1Nc1ccc(C#N)c(Br)c1. The van der Waals surface area contributed by atoms with Crippen LogP contribution < -0.4 is 10.1 Å². The molecule has 2 aromatic rings. The summed E-state index contributed by atoms with van der Waals surface area (Å²) in [6.45, 7) is 0. The molecule has 0 aliphatic heterocycles. The molecule has 0 heterocycles. The summed E-state index contributed by atoms with van der Waals surface area (Å²) >= 11 is 6.80. The molecule has 0 aromatic heterocycles. The van der Waals surface area contributed by atoms with Gasteiger partial charge >= 0.3 is 0 Å². The largest absolute Gasteiger partial charge is 0.495 e. The van der Waals surface area contributed by atoms with Gasteiger partial charge in [-0.2, -0.15) is 5.26 Å². The number of methoxy groups -OCH3 is 1. The second-order valence-electron chi connectivity index (χ2n) is 3.78. The maximum Gasteiger partial charge on any atom is 0.142 e. The Kier molecular flexibility index (Phi) is 4.46. The maximum absolute atomic E-state index is 8.89. The van der Waals surface area contributed by atoms with Crippen molar-refractivity contribution in [3.63, 3.8) is 0 Å². The molecule has 0 fully saturated rings. The average Bonchev–Trinajstić information content (AvgIpc) is 2.39. The minimum Gasteiger partial charge on any atom is -0.495 e. The highest BCUT2D eigenvalue weighted by atomic mass is 79.9. The Morgan fingerprint density at radius 2 is 1.95 bits per heavy atom. The normalized spacial score (nSPS) is 9.79. The van der Waals surface area contributed by atoms with Crippen molar-refractivity contribution in [2.45, 2.75) is 0 Å². The highest BCUT2D eigenvalue weighted by molar-refractivity contribution is 9.10. The van der Waals surface area contributed by atoms with E-state index >= 15 is 0 Å². The van der Waals surface area contributed by atoms with Crippen LogP contribution in [0, 0.1) is 11.3 Å². The van der Waals surface area contributed by atoms with Crippen molar-refractivity contribution in [1.82, 2.24) is 0 Å². The summed E-state index contributed by atoms with van der Waals surface area (Å²) in [7, 11) is 1.63. The Morgan fingerprint density at radius 3 is 2.58 bits per heavy atom. The number of nitriles is 1.